The van der Waals surface area contributed by atoms with E-state index in [4.69, 9.17) is 0 Å². The summed E-state index contributed by atoms with van der Waals surface area (Å²) in [5, 5.41) is 9.25. The highest BCUT2D eigenvalue weighted by atomic mass is 16.3. The number of benzene rings is 1. The van der Waals surface area contributed by atoms with Crippen LogP contribution in [0.2, 0.25) is 0 Å². The minimum absolute atomic E-state index is 0.133. The lowest BCUT2D eigenvalue weighted by Gasteiger charge is -2.32. The average molecular weight is 275 g/mol. The summed E-state index contributed by atoms with van der Waals surface area (Å²) in [4.78, 5) is 2.60. The summed E-state index contributed by atoms with van der Waals surface area (Å²) in [6, 6.07) is 10.9. The molecule has 0 radical (unpaired) electrons. The third kappa shape index (κ3) is 5.64. The van der Waals surface area contributed by atoms with E-state index in [1.165, 1.54) is 50.9 Å². The molecule has 0 amide bonds. The summed E-state index contributed by atoms with van der Waals surface area (Å²) in [5.41, 5.74) is 1.49. The lowest BCUT2D eigenvalue weighted by molar-refractivity contribution is 0.164. The van der Waals surface area contributed by atoms with Crippen molar-refractivity contribution in [3.05, 3.63) is 35.9 Å². The quantitative estimate of drug-likeness (QED) is 0.770. The van der Waals surface area contributed by atoms with Gasteiger partial charge in [0.15, 0.2) is 0 Å². The lowest BCUT2D eigenvalue weighted by Crippen LogP contribution is -2.35. The first-order valence-corrected chi connectivity index (χ1v) is 8.18. The zero-order valence-corrected chi connectivity index (χ0v) is 12.8. The number of hydrogen-bond acceptors (Lipinski definition) is 2. The van der Waals surface area contributed by atoms with Gasteiger partial charge in [0.05, 0.1) is 6.10 Å². The molecule has 20 heavy (non-hydrogen) atoms. The van der Waals surface area contributed by atoms with Crippen LogP contribution in [0.1, 0.15) is 44.6 Å². The molecule has 1 aliphatic rings. The first-order valence-electron chi connectivity index (χ1n) is 8.18. The van der Waals surface area contributed by atoms with Crippen LogP contribution in [-0.2, 0) is 6.42 Å². The van der Waals surface area contributed by atoms with Gasteiger partial charge in [-0.15, -0.1) is 0 Å². The second kappa shape index (κ2) is 8.43. The van der Waals surface area contributed by atoms with Gasteiger partial charge in [0, 0.05) is 0 Å². The number of likely N-dealkylation sites (tertiary alicyclic amines) is 1. The first-order chi connectivity index (χ1) is 9.74. The second-order valence-electron chi connectivity index (χ2n) is 6.32. The van der Waals surface area contributed by atoms with Gasteiger partial charge in [-0.25, -0.2) is 0 Å². The van der Waals surface area contributed by atoms with Crippen molar-refractivity contribution in [2.24, 2.45) is 5.92 Å². The van der Waals surface area contributed by atoms with Gasteiger partial charge in [0.25, 0.3) is 0 Å². The van der Waals surface area contributed by atoms with Gasteiger partial charge in [-0.3, -0.25) is 0 Å². The van der Waals surface area contributed by atoms with Gasteiger partial charge >= 0.3 is 0 Å². The van der Waals surface area contributed by atoms with Crippen LogP contribution in [0, 0.1) is 5.92 Å². The minimum Gasteiger partial charge on any atom is -0.393 e. The summed E-state index contributed by atoms with van der Waals surface area (Å²) in [6.07, 6.45) is 7.12. The van der Waals surface area contributed by atoms with E-state index in [9.17, 15) is 5.11 Å². The Balaban J connectivity index is 1.60. The van der Waals surface area contributed by atoms with E-state index in [0.717, 1.165) is 18.8 Å². The molecule has 1 atom stereocenters. The topological polar surface area (TPSA) is 23.5 Å². The van der Waals surface area contributed by atoms with Crippen LogP contribution in [0.4, 0.5) is 0 Å². The van der Waals surface area contributed by atoms with Crippen LogP contribution >= 0.6 is 0 Å². The van der Waals surface area contributed by atoms with Crippen molar-refractivity contribution in [2.45, 2.75) is 51.6 Å². The molecular formula is C18H29NO. The van der Waals surface area contributed by atoms with Crippen molar-refractivity contribution in [3.8, 4) is 0 Å². The Kier molecular flexibility index (Phi) is 6.55. The molecule has 2 heteroatoms. The molecule has 2 nitrogen and oxygen atoms in total. The Morgan fingerprint density at radius 1 is 1.15 bits per heavy atom. The van der Waals surface area contributed by atoms with Gasteiger partial charge < -0.3 is 10.0 Å². The molecule has 1 unspecified atom stereocenters. The Morgan fingerprint density at radius 3 is 2.50 bits per heavy atom. The molecule has 1 N–H and O–H groups in total. The van der Waals surface area contributed by atoms with E-state index in [2.05, 4.69) is 35.2 Å². The van der Waals surface area contributed by atoms with Crippen LogP contribution in [0.5, 0.6) is 0 Å². The highest BCUT2D eigenvalue weighted by Crippen LogP contribution is 2.21. The van der Waals surface area contributed by atoms with Crippen molar-refractivity contribution in [3.63, 3.8) is 0 Å². The van der Waals surface area contributed by atoms with E-state index in [0.29, 0.717) is 0 Å². The van der Waals surface area contributed by atoms with Crippen molar-refractivity contribution in [1.82, 2.24) is 4.90 Å². The maximum absolute atomic E-state index is 9.25. The van der Waals surface area contributed by atoms with Gasteiger partial charge in [-0.1, -0.05) is 30.3 Å². The Morgan fingerprint density at radius 2 is 1.85 bits per heavy atom. The van der Waals surface area contributed by atoms with Gasteiger partial charge in [0.1, 0.15) is 0 Å². The van der Waals surface area contributed by atoms with Crippen molar-refractivity contribution >= 4 is 0 Å². The van der Waals surface area contributed by atoms with E-state index in [-0.39, 0.29) is 6.10 Å². The normalized spacial score (nSPS) is 19.1. The molecule has 0 bridgehead atoms. The third-order valence-corrected chi connectivity index (χ3v) is 4.42. The summed E-state index contributed by atoms with van der Waals surface area (Å²) >= 11 is 0. The van der Waals surface area contributed by atoms with Crippen molar-refractivity contribution < 1.29 is 5.11 Å². The lowest BCUT2D eigenvalue weighted by atomic mass is 9.90. The molecule has 1 fully saturated rings. The fourth-order valence-corrected chi connectivity index (χ4v) is 3.14. The summed E-state index contributed by atoms with van der Waals surface area (Å²) < 4.78 is 0. The number of rotatable bonds is 7. The minimum atomic E-state index is -0.133. The maximum Gasteiger partial charge on any atom is 0.0512 e. The van der Waals surface area contributed by atoms with Crippen LogP contribution in [-0.4, -0.2) is 35.7 Å². The fraction of sp³-hybridized carbons (Fsp3) is 0.667. The van der Waals surface area contributed by atoms with E-state index in [1.54, 1.807) is 0 Å². The van der Waals surface area contributed by atoms with Gasteiger partial charge in [-0.05, 0) is 76.6 Å². The summed E-state index contributed by atoms with van der Waals surface area (Å²) in [5.74, 6) is 0.867. The van der Waals surface area contributed by atoms with Crippen LogP contribution in [0.3, 0.4) is 0 Å². The van der Waals surface area contributed by atoms with Crippen molar-refractivity contribution in [1.29, 1.82) is 0 Å². The molecule has 1 aromatic carbocycles. The number of aliphatic hydroxyl groups excluding tert-OH is 1. The molecule has 2 rings (SSSR count). The Hall–Kier alpha value is -0.860. The molecule has 0 aromatic heterocycles. The van der Waals surface area contributed by atoms with E-state index >= 15 is 0 Å². The SMILES string of the molecule is CC(O)CCCCN1CCC(Cc2ccccc2)CC1. The fourth-order valence-electron chi connectivity index (χ4n) is 3.14. The Labute approximate surface area is 123 Å². The Bertz CT molecular complexity index is 355. The van der Waals surface area contributed by atoms with E-state index < -0.39 is 0 Å². The van der Waals surface area contributed by atoms with Crippen LogP contribution in [0.25, 0.3) is 0 Å². The monoisotopic (exact) mass is 275 g/mol. The average Bonchev–Trinajstić information content (AvgIpc) is 2.46. The maximum atomic E-state index is 9.25. The molecular weight excluding hydrogens is 246 g/mol. The molecule has 1 aromatic rings. The number of aliphatic hydroxyl groups is 1. The molecule has 1 saturated heterocycles. The smallest absolute Gasteiger partial charge is 0.0512 e. The molecule has 0 aliphatic carbocycles. The molecule has 1 heterocycles. The number of piperidine rings is 1. The molecule has 1 aliphatic heterocycles. The number of hydrogen-bond donors (Lipinski definition) is 1. The van der Waals surface area contributed by atoms with Crippen molar-refractivity contribution in [2.75, 3.05) is 19.6 Å². The summed E-state index contributed by atoms with van der Waals surface area (Å²) in [6.45, 7) is 5.61. The number of nitrogens with zero attached hydrogens (tertiary/aromatic N) is 1. The highest BCUT2D eigenvalue weighted by molar-refractivity contribution is 5.15. The predicted molar refractivity (Wildman–Crippen MR) is 84.8 cm³/mol. The highest BCUT2D eigenvalue weighted by Gasteiger charge is 2.18. The predicted octanol–water partition coefficient (Wildman–Crippen LogP) is 3.49. The zero-order valence-electron chi connectivity index (χ0n) is 12.8. The van der Waals surface area contributed by atoms with Gasteiger partial charge in [0.2, 0.25) is 0 Å². The van der Waals surface area contributed by atoms with E-state index in [1.807, 2.05) is 6.92 Å². The largest absolute Gasteiger partial charge is 0.393 e. The third-order valence-electron chi connectivity index (χ3n) is 4.42. The first kappa shape index (κ1) is 15.5. The van der Waals surface area contributed by atoms with Crippen LogP contribution in [0.15, 0.2) is 30.3 Å². The molecule has 0 saturated carbocycles. The molecule has 112 valence electrons. The zero-order chi connectivity index (χ0) is 14.2. The van der Waals surface area contributed by atoms with Gasteiger partial charge in [-0.2, -0.15) is 0 Å². The summed E-state index contributed by atoms with van der Waals surface area (Å²) in [7, 11) is 0. The number of unbranched alkanes of at least 4 members (excludes halogenated alkanes) is 1. The molecule has 0 spiro atoms. The standard InChI is InChI=1S/C18H29NO/c1-16(20)7-5-6-12-19-13-10-18(11-14-19)15-17-8-3-2-4-9-17/h2-4,8-9,16,18,20H,5-7,10-15H2,1H3. The second-order valence-corrected chi connectivity index (χ2v) is 6.32. The van der Waals surface area contributed by atoms with Crippen LogP contribution < -0.4 is 0 Å².